The van der Waals surface area contributed by atoms with Gasteiger partial charge in [0.05, 0.1) is 11.4 Å². The fourth-order valence-corrected chi connectivity index (χ4v) is 10.2. The number of rotatable bonds is 8. The summed E-state index contributed by atoms with van der Waals surface area (Å²) in [4.78, 5) is 5.60. The van der Waals surface area contributed by atoms with Crippen molar-refractivity contribution in [1.82, 2.24) is 4.57 Å². The number of hydrogen-bond acceptors (Lipinski definition) is 1. The summed E-state index contributed by atoms with van der Waals surface area (Å²) in [6, 6.07) is 73.5. The lowest BCUT2D eigenvalue weighted by molar-refractivity contribution is 0.649. The van der Waals surface area contributed by atoms with Crippen LogP contribution in [0.5, 0.6) is 0 Å². The summed E-state index contributed by atoms with van der Waals surface area (Å²) in [5.74, 6) is 0.780. The minimum atomic E-state index is 0.136. The highest BCUT2D eigenvalue weighted by Crippen LogP contribution is 2.49. The third-order valence-corrected chi connectivity index (χ3v) is 13.4. The van der Waals surface area contributed by atoms with E-state index in [1.165, 1.54) is 77.5 Å². The fourth-order valence-electron chi connectivity index (χ4n) is 10.2. The first-order valence-corrected chi connectivity index (χ1v) is 22.1. The maximum absolute atomic E-state index is 5.60. The Morgan fingerprint density at radius 2 is 1.02 bits per heavy atom. The Morgan fingerprint density at radius 3 is 1.69 bits per heavy atom. The van der Waals surface area contributed by atoms with Gasteiger partial charge in [-0.1, -0.05) is 208 Å². The number of benzene rings is 8. The van der Waals surface area contributed by atoms with Gasteiger partial charge in [-0.2, -0.15) is 0 Å². The molecule has 2 heterocycles. The van der Waals surface area contributed by atoms with Crippen molar-refractivity contribution in [2.24, 2.45) is 10.9 Å². The zero-order chi connectivity index (χ0) is 41.6. The maximum Gasteiger partial charge on any atom is 0.0711 e. The monoisotopic (exact) mass is 796 g/mol. The van der Waals surface area contributed by atoms with Gasteiger partial charge in [0.15, 0.2) is 0 Å². The minimum absolute atomic E-state index is 0.136. The van der Waals surface area contributed by atoms with Crippen molar-refractivity contribution in [1.29, 1.82) is 0 Å². The van der Waals surface area contributed by atoms with E-state index in [0.717, 1.165) is 35.5 Å². The van der Waals surface area contributed by atoms with Gasteiger partial charge in [0, 0.05) is 45.7 Å². The van der Waals surface area contributed by atoms with E-state index >= 15 is 0 Å². The zero-order valence-electron chi connectivity index (χ0n) is 35.2. The van der Waals surface area contributed by atoms with E-state index in [2.05, 4.69) is 231 Å². The molecule has 0 bridgehead atoms. The smallest absolute Gasteiger partial charge is 0.0711 e. The van der Waals surface area contributed by atoms with Gasteiger partial charge in [-0.3, -0.25) is 4.99 Å². The van der Waals surface area contributed by atoms with E-state index in [9.17, 15) is 0 Å². The van der Waals surface area contributed by atoms with Gasteiger partial charge in [0.2, 0.25) is 0 Å². The van der Waals surface area contributed by atoms with Crippen LogP contribution in [0.2, 0.25) is 0 Å². The fraction of sp³-hybridized carbons (Fsp3) is 0.117. The molecule has 3 unspecified atom stereocenters. The molecule has 2 heteroatoms. The van der Waals surface area contributed by atoms with Crippen LogP contribution in [0.1, 0.15) is 71.0 Å². The molecular weight excluding hydrogens is 749 g/mol. The first-order chi connectivity index (χ1) is 30.6. The Hall–Kier alpha value is -7.29. The summed E-state index contributed by atoms with van der Waals surface area (Å²) >= 11 is 0. The molecule has 0 fully saturated rings. The van der Waals surface area contributed by atoms with Crippen molar-refractivity contribution in [2.45, 2.75) is 38.6 Å². The molecule has 11 rings (SSSR count). The Kier molecular flexibility index (Phi) is 9.70. The normalized spacial score (nSPS) is 17.1. The van der Waals surface area contributed by atoms with Crippen molar-refractivity contribution in [3.8, 4) is 22.3 Å². The number of para-hydroxylation sites is 2. The standard InChI is InChI=1S/C60H48N2/c1-3-42-37-49(45-29-33-47(34-30-45)59-40(2)50-17-7-8-18-51(50)52-19-9-10-22-55(52)59)38-56(61-60(42)48-35-31-44(32-36-48)43-15-5-4-6-16-43)46-27-25-41(26-28-46)39-62-57-23-13-11-20-53(57)54-21-12-14-24-58(54)62/h4-38,40,42,59H,3,39H2,1-2H3. The van der Waals surface area contributed by atoms with E-state index in [-0.39, 0.29) is 11.8 Å². The summed E-state index contributed by atoms with van der Waals surface area (Å²) in [6.45, 7) is 5.46. The summed E-state index contributed by atoms with van der Waals surface area (Å²) in [5.41, 5.74) is 19.9. The molecular formula is C60H48N2. The summed E-state index contributed by atoms with van der Waals surface area (Å²) in [6.07, 6.45) is 5.71. The third kappa shape index (κ3) is 6.73. The highest BCUT2D eigenvalue weighted by Gasteiger charge is 2.32. The van der Waals surface area contributed by atoms with Gasteiger partial charge in [0.1, 0.15) is 0 Å². The summed E-state index contributed by atoms with van der Waals surface area (Å²) < 4.78 is 2.45. The number of allylic oxidation sites excluding steroid dienone is 3. The topological polar surface area (TPSA) is 17.3 Å². The predicted molar refractivity (Wildman–Crippen MR) is 262 cm³/mol. The number of fused-ring (bicyclic) bond motifs is 6. The predicted octanol–water partition coefficient (Wildman–Crippen LogP) is 15.4. The van der Waals surface area contributed by atoms with Crippen LogP contribution >= 0.6 is 0 Å². The number of aliphatic imine (C=N–C) groups is 1. The van der Waals surface area contributed by atoms with Gasteiger partial charge in [0.25, 0.3) is 0 Å². The largest absolute Gasteiger partial charge is 0.336 e. The summed E-state index contributed by atoms with van der Waals surface area (Å²) in [5, 5.41) is 2.59. The first kappa shape index (κ1) is 37.7. The maximum atomic E-state index is 5.60. The van der Waals surface area contributed by atoms with Crippen molar-refractivity contribution >= 4 is 38.8 Å². The van der Waals surface area contributed by atoms with Crippen LogP contribution in [-0.4, -0.2) is 10.3 Å². The van der Waals surface area contributed by atoms with Crippen LogP contribution in [0, 0.1) is 5.92 Å². The van der Waals surface area contributed by atoms with E-state index in [4.69, 9.17) is 4.99 Å². The molecule has 0 N–H and O–H groups in total. The van der Waals surface area contributed by atoms with Crippen LogP contribution in [0.25, 0.3) is 55.3 Å². The van der Waals surface area contributed by atoms with E-state index in [1.807, 2.05) is 0 Å². The molecule has 0 saturated carbocycles. The van der Waals surface area contributed by atoms with Crippen LogP contribution in [0.4, 0.5) is 0 Å². The SMILES string of the molecule is CCC1C=C(c2ccc(C3c4ccccc4-c4ccccc4C3C)cc2)C=C(c2ccc(Cn3c4ccccc4c4ccccc43)cc2)N=C1c1ccc(-c2ccccc2)cc1. The molecule has 9 aromatic rings. The van der Waals surface area contributed by atoms with E-state index in [0.29, 0.717) is 5.92 Å². The van der Waals surface area contributed by atoms with Crippen molar-refractivity contribution < 1.29 is 0 Å². The molecule has 0 amide bonds. The average molecular weight is 797 g/mol. The molecule has 1 aromatic heterocycles. The van der Waals surface area contributed by atoms with Gasteiger partial charge in [-0.25, -0.2) is 0 Å². The second kappa shape index (κ2) is 16.0. The van der Waals surface area contributed by atoms with E-state index < -0.39 is 0 Å². The van der Waals surface area contributed by atoms with Gasteiger partial charge >= 0.3 is 0 Å². The van der Waals surface area contributed by atoms with Crippen molar-refractivity contribution in [3.05, 3.63) is 251 Å². The van der Waals surface area contributed by atoms with Crippen molar-refractivity contribution in [3.63, 3.8) is 0 Å². The van der Waals surface area contributed by atoms with Crippen LogP contribution in [0.15, 0.2) is 217 Å². The Balaban J connectivity index is 0.971. The number of aromatic nitrogens is 1. The van der Waals surface area contributed by atoms with Gasteiger partial charge in [-0.05, 0) is 91.8 Å². The van der Waals surface area contributed by atoms with Crippen molar-refractivity contribution in [2.75, 3.05) is 0 Å². The Morgan fingerprint density at radius 1 is 0.484 bits per heavy atom. The molecule has 0 saturated heterocycles. The highest BCUT2D eigenvalue weighted by molar-refractivity contribution is 6.09. The Bertz CT molecular complexity index is 3130. The molecule has 2 nitrogen and oxygen atoms in total. The highest BCUT2D eigenvalue weighted by atomic mass is 15.0. The lowest BCUT2D eigenvalue weighted by atomic mass is 9.69. The first-order valence-electron chi connectivity index (χ1n) is 22.1. The van der Waals surface area contributed by atoms with Gasteiger partial charge < -0.3 is 4.57 Å². The number of nitrogens with zero attached hydrogens (tertiary/aromatic N) is 2. The molecule has 2 aliphatic rings. The third-order valence-electron chi connectivity index (χ3n) is 13.4. The van der Waals surface area contributed by atoms with Crippen LogP contribution in [-0.2, 0) is 6.54 Å². The van der Waals surface area contributed by atoms with Crippen LogP contribution < -0.4 is 0 Å². The molecule has 298 valence electrons. The number of hydrogen-bond donors (Lipinski definition) is 0. The quantitative estimate of drug-likeness (QED) is 0.146. The van der Waals surface area contributed by atoms with Crippen LogP contribution in [0.3, 0.4) is 0 Å². The lowest BCUT2D eigenvalue weighted by Crippen LogP contribution is -2.16. The second-order valence-electron chi connectivity index (χ2n) is 17.0. The Labute approximate surface area is 364 Å². The molecule has 8 aromatic carbocycles. The average Bonchev–Trinajstić information content (AvgIpc) is 3.51. The van der Waals surface area contributed by atoms with Gasteiger partial charge in [-0.15, -0.1) is 0 Å². The lowest BCUT2D eigenvalue weighted by Gasteiger charge is -2.34. The molecule has 0 spiro atoms. The second-order valence-corrected chi connectivity index (χ2v) is 17.0. The molecule has 1 aliphatic heterocycles. The minimum Gasteiger partial charge on any atom is -0.336 e. The molecule has 3 atom stereocenters. The van der Waals surface area contributed by atoms with E-state index in [1.54, 1.807) is 0 Å². The molecule has 0 radical (unpaired) electrons. The molecule has 1 aliphatic carbocycles. The molecule has 62 heavy (non-hydrogen) atoms. The zero-order valence-corrected chi connectivity index (χ0v) is 35.2. The summed E-state index contributed by atoms with van der Waals surface area (Å²) in [7, 11) is 0.